The normalized spacial score (nSPS) is 15.0. The van der Waals surface area contributed by atoms with Crippen LogP contribution in [0.3, 0.4) is 0 Å². The first-order chi connectivity index (χ1) is 10.2. The number of allylic oxidation sites excluding steroid dienone is 3. The van der Waals surface area contributed by atoms with E-state index < -0.39 is 12.1 Å². The van der Waals surface area contributed by atoms with Crippen LogP contribution in [-0.4, -0.2) is 29.0 Å². The van der Waals surface area contributed by atoms with Gasteiger partial charge in [0.25, 0.3) is 0 Å². The SMILES string of the molecule is CCC/C=C/CCCCCCCC/C=C/C(O)C(N)CO. The van der Waals surface area contributed by atoms with Crippen LogP contribution in [0, 0.1) is 0 Å². The first-order valence-electron chi connectivity index (χ1n) is 8.58. The van der Waals surface area contributed by atoms with Crippen LogP contribution in [-0.2, 0) is 0 Å². The topological polar surface area (TPSA) is 66.5 Å². The molecule has 0 radical (unpaired) electrons. The van der Waals surface area contributed by atoms with Crippen molar-refractivity contribution in [1.29, 1.82) is 0 Å². The Kier molecular flexibility index (Phi) is 15.3. The second-order valence-corrected chi connectivity index (χ2v) is 5.72. The summed E-state index contributed by atoms with van der Waals surface area (Å²) in [5.74, 6) is 0. The Hall–Kier alpha value is -0.640. The van der Waals surface area contributed by atoms with Gasteiger partial charge >= 0.3 is 0 Å². The van der Waals surface area contributed by atoms with Crippen molar-refractivity contribution in [1.82, 2.24) is 0 Å². The van der Waals surface area contributed by atoms with Gasteiger partial charge in [-0.3, -0.25) is 0 Å². The number of hydrogen-bond donors (Lipinski definition) is 3. The van der Waals surface area contributed by atoms with Gasteiger partial charge in [0.1, 0.15) is 0 Å². The van der Waals surface area contributed by atoms with Gasteiger partial charge < -0.3 is 15.9 Å². The Labute approximate surface area is 130 Å². The van der Waals surface area contributed by atoms with Gasteiger partial charge in [-0.05, 0) is 32.1 Å². The van der Waals surface area contributed by atoms with Crippen molar-refractivity contribution >= 4 is 0 Å². The number of rotatable bonds is 14. The molecule has 21 heavy (non-hydrogen) atoms. The summed E-state index contributed by atoms with van der Waals surface area (Å²) in [6.07, 6.45) is 19.9. The fourth-order valence-electron chi connectivity index (χ4n) is 2.12. The summed E-state index contributed by atoms with van der Waals surface area (Å²) in [6.45, 7) is 2.03. The van der Waals surface area contributed by atoms with Gasteiger partial charge in [-0.2, -0.15) is 0 Å². The third kappa shape index (κ3) is 14.1. The van der Waals surface area contributed by atoms with Crippen LogP contribution in [0.25, 0.3) is 0 Å². The quantitative estimate of drug-likeness (QED) is 0.338. The van der Waals surface area contributed by atoms with Gasteiger partial charge in [-0.15, -0.1) is 0 Å². The third-order valence-electron chi connectivity index (χ3n) is 3.60. The fourth-order valence-corrected chi connectivity index (χ4v) is 2.12. The van der Waals surface area contributed by atoms with Crippen molar-refractivity contribution in [2.24, 2.45) is 5.73 Å². The van der Waals surface area contributed by atoms with Crippen molar-refractivity contribution in [3.8, 4) is 0 Å². The zero-order valence-corrected chi connectivity index (χ0v) is 13.7. The smallest absolute Gasteiger partial charge is 0.0894 e. The second kappa shape index (κ2) is 15.7. The first-order valence-corrected chi connectivity index (χ1v) is 8.58. The van der Waals surface area contributed by atoms with E-state index in [0.29, 0.717) is 0 Å². The highest BCUT2D eigenvalue weighted by atomic mass is 16.3. The third-order valence-corrected chi connectivity index (χ3v) is 3.60. The van der Waals surface area contributed by atoms with Crippen LogP contribution in [0.15, 0.2) is 24.3 Å². The van der Waals surface area contributed by atoms with Crippen LogP contribution in [0.1, 0.15) is 71.1 Å². The fraction of sp³-hybridized carbons (Fsp3) is 0.778. The first kappa shape index (κ1) is 20.4. The van der Waals surface area contributed by atoms with Gasteiger partial charge in [0.05, 0.1) is 18.8 Å². The minimum atomic E-state index is -0.726. The molecule has 0 spiro atoms. The van der Waals surface area contributed by atoms with Crippen molar-refractivity contribution < 1.29 is 10.2 Å². The zero-order valence-electron chi connectivity index (χ0n) is 13.7. The lowest BCUT2D eigenvalue weighted by molar-refractivity contribution is 0.144. The minimum absolute atomic E-state index is 0.181. The molecule has 0 bridgehead atoms. The molecule has 0 rings (SSSR count). The zero-order chi connectivity index (χ0) is 15.8. The molecule has 0 aromatic carbocycles. The number of aliphatic hydroxyl groups is 2. The van der Waals surface area contributed by atoms with E-state index in [-0.39, 0.29) is 6.61 Å². The molecule has 0 aromatic heterocycles. The Balaban J connectivity index is 3.27. The maximum atomic E-state index is 9.52. The Morgan fingerprint density at radius 3 is 1.95 bits per heavy atom. The molecule has 0 saturated heterocycles. The number of hydrogen-bond acceptors (Lipinski definition) is 3. The maximum Gasteiger partial charge on any atom is 0.0894 e. The molecule has 3 nitrogen and oxygen atoms in total. The molecule has 2 unspecified atom stereocenters. The van der Waals surface area contributed by atoms with E-state index in [1.165, 1.54) is 51.4 Å². The highest BCUT2D eigenvalue weighted by molar-refractivity contribution is 4.93. The molecule has 124 valence electrons. The standard InChI is InChI=1S/C18H35NO2/c1-2-3-4-5-6-7-8-9-10-11-12-13-14-15-18(21)17(19)16-20/h4-5,14-15,17-18,20-21H,2-3,6-13,16,19H2,1H3/b5-4+,15-14+. The van der Waals surface area contributed by atoms with Gasteiger partial charge in [0.15, 0.2) is 0 Å². The molecule has 0 amide bonds. The summed E-state index contributed by atoms with van der Waals surface area (Å²) in [4.78, 5) is 0. The largest absolute Gasteiger partial charge is 0.395 e. The van der Waals surface area contributed by atoms with E-state index in [0.717, 1.165) is 12.8 Å². The summed E-state index contributed by atoms with van der Waals surface area (Å²) in [6, 6.07) is -0.562. The van der Waals surface area contributed by atoms with E-state index in [9.17, 15) is 5.11 Å². The highest BCUT2D eigenvalue weighted by Gasteiger charge is 2.08. The number of nitrogens with two attached hydrogens (primary N) is 1. The lowest BCUT2D eigenvalue weighted by Gasteiger charge is -2.11. The van der Waals surface area contributed by atoms with Gasteiger partial charge in [0, 0.05) is 0 Å². The van der Waals surface area contributed by atoms with E-state index >= 15 is 0 Å². The molecule has 0 aromatic rings. The average molecular weight is 297 g/mol. The summed E-state index contributed by atoms with van der Waals surface area (Å²) in [7, 11) is 0. The van der Waals surface area contributed by atoms with E-state index in [4.69, 9.17) is 10.8 Å². The molecule has 4 N–H and O–H groups in total. The molecule has 0 aliphatic carbocycles. The summed E-state index contributed by atoms with van der Waals surface area (Å²) >= 11 is 0. The van der Waals surface area contributed by atoms with Crippen molar-refractivity contribution in [2.45, 2.75) is 83.3 Å². The summed E-state index contributed by atoms with van der Waals surface area (Å²) in [5, 5.41) is 18.3. The van der Waals surface area contributed by atoms with Gasteiger partial charge in [0.2, 0.25) is 0 Å². The Bertz CT molecular complexity index is 264. The molecular formula is C18H35NO2. The van der Waals surface area contributed by atoms with Crippen LogP contribution in [0.4, 0.5) is 0 Å². The lowest BCUT2D eigenvalue weighted by Crippen LogP contribution is -2.36. The van der Waals surface area contributed by atoms with Gasteiger partial charge in [-0.25, -0.2) is 0 Å². The van der Waals surface area contributed by atoms with Gasteiger partial charge in [-0.1, -0.05) is 63.3 Å². The molecule has 0 aliphatic heterocycles. The molecule has 0 fully saturated rings. The molecule has 2 atom stereocenters. The van der Waals surface area contributed by atoms with Crippen molar-refractivity contribution in [2.75, 3.05) is 6.61 Å². The van der Waals surface area contributed by atoms with E-state index in [2.05, 4.69) is 19.1 Å². The predicted octanol–water partition coefficient (Wildman–Crippen LogP) is 3.70. The second-order valence-electron chi connectivity index (χ2n) is 5.72. The maximum absolute atomic E-state index is 9.52. The molecule has 0 saturated carbocycles. The highest BCUT2D eigenvalue weighted by Crippen LogP contribution is 2.09. The minimum Gasteiger partial charge on any atom is -0.395 e. The molecular weight excluding hydrogens is 262 g/mol. The average Bonchev–Trinajstić information content (AvgIpc) is 2.50. The van der Waals surface area contributed by atoms with Crippen molar-refractivity contribution in [3.63, 3.8) is 0 Å². The molecule has 0 aliphatic rings. The monoisotopic (exact) mass is 297 g/mol. The van der Waals surface area contributed by atoms with Crippen LogP contribution in [0.2, 0.25) is 0 Å². The number of unbranched alkanes of at least 4 members (excludes halogenated alkanes) is 8. The van der Waals surface area contributed by atoms with E-state index in [1.807, 2.05) is 6.08 Å². The molecule has 0 heterocycles. The van der Waals surface area contributed by atoms with Crippen LogP contribution in [0.5, 0.6) is 0 Å². The van der Waals surface area contributed by atoms with Crippen LogP contribution < -0.4 is 5.73 Å². The lowest BCUT2D eigenvalue weighted by atomic mass is 10.1. The molecule has 3 heteroatoms. The predicted molar refractivity (Wildman–Crippen MR) is 91.2 cm³/mol. The summed E-state index contributed by atoms with van der Waals surface area (Å²) < 4.78 is 0. The Morgan fingerprint density at radius 2 is 1.38 bits per heavy atom. The van der Waals surface area contributed by atoms with Crippen molar-refractivity contribution in [3.05, 3.63) is 24.3 Å². The summed E-state index contributed by atoms with van der Waals surface area (Å²) in [5.41, 5.74) is 5.51. The Morgan fingerprint density at radius 1 is 0.857 bits per heavy atom. The number of aliphatic hydroxyl groups excluding tert-OH is 2. The van der Waals surface area contributed by atoms with E-state index in [1.54, 1.807) is 6.08 Å². The van der Waals surface area contributed by atoms with Crippen LogP contribution >= 0.6 is 0 Å².